The van der Waals surface area contributed by atoms with E-state index in [0.717, 1.165) is 16.8 Å². The van der Waals surface area contributed by atoms with Crippen molar-refractivity contribution in [2.45, 2.75) is 19.2 Å². The fraction of sp³-hybridized carbons (Fsp3) is 0.176. The third-order valence-electron chi connectivity index (χ3n) is 3.71. The second-order valence-electron chi connectivity index (χ2n) is 5.63. The summed E-state index contributed by atoms with van der Waals surface area (Å²) in [5.74, 6) is -0.810. The van der Waals surface area contributed by atoms with E-state index in [9.17, 15) is 23.1 Å². The summed E-state index contributed by atoms with van der Waals surface area (Å²) in [4.78, 5) is 16.1. The SMILES string of the molecule is CC(O)C(=O)Nc1cc(C(F)(F)F)ccc1-c1cccc2sc(N)nc12. The van der Waals surface area contributed by atoms with Gasteiger partial charge >= 0.3 is 6.18 Å². The Bertz CT molecular complexity index is 983. The number of anilines is 2. The molecular weight excluding hydrogens is 367 g/mol. The van der Waals surface area contributed by atoms with Gasteiger partial charge in [-0.2, -0.15) is 13.2 Å². The maximum atomic E-state index is 13.1. The molecule has 5 nitrogen and oxygen atoms in total. The van der Waals surface area contributed by atoms with E-state index in [1.54, 1.807) is 18.2 Å². The molecule has 3 rings (SSSR count). The number of nitrogen functional groups attached to an aromatic ring is 1. The zero-order valence-electron chi connectivity index (χ0n) is 13.5. The number of carbonyl (C=O) groups excluding carboxylic acids is 1. The second-order valence-corrected chi connectivity index (χ2v) is 6.69. The molecule has 4 N–H and O–H groups in total. The maximum Gasteiger partial charge on any atom is 0.416 e. The molecular formula is C17H14F3N3O2S. The van der Waals surface area contributed by atoms with Gasteiger partial charge in [0.15, 0.2) is 5.13 Å². The number of carbonyl (C=O) groups is 1. The Morgan fingerprint density at radius 2 is 2.00 bits per heavy atom. The molecule has 1 amide bonds. The first-order chi connectivity index (χ1) is 12.2. The number of nitrogens with two attached hydrogens (primary N) is 1. The summed E-state index contributed by atoms with van der Waals surface area (Å²) in [6.45, 7) is 1.23. The lowest BCUT2D eigenvalue weighted by Gasteiger charge is -2.16. The van der Waals surface area contributed by atoms with E-state index in [1.165, 1.54) is 24.3 Å². The molecule has 1 aromatic heterocycles. The molecule has 2 aromatic carbocycles. The van der Waals surface area contributed by atoms with Crippen molar-refractivity contribution in [3.63, 3.8) is 0 Å². The molecule has 0 aliphatic heterocycles. The zero-order valence-corrected chi connectivity index (χ0v) is 14.3. The summed E-state index contributed by atoms with van der Waals surface area (Å²) in [7, 11) is 0. The van der Waals surface area contributed by atoms with E-state index < -0.39 is 23.8 Å². The first kappa shape index (κ1) is 18.2. The van der Waals surface area contributed by atoms with Crippen molar-refractivity contribution in [3.05, 3.63) is 42.0 Å². The smallest absolute Gasteiger partial charge is 0.384 e. The number of amides is 1. The van der Waals surface area contributed by atoms with Crippen LogP contribution >= 0.6 is 11.3 Å². The van der Waals surface area contributed by atoms with Gasteiger partial charge in [0, 0.05) is 16.8 Å². The summed E-state index contributed by atoms with van der Waals surface area (Å²) >= 11 is 1.25. The number of aromatic nitrogens is 1. The fourth-order valence-corrected chi connectivity index (χ4v) is 3.24. The number of halogens is 3. The molecule has 0 bridgehead atoms. The van der Waals surface area contributed by atoms with Crippen LogP contribution in [0.15, 0.2) is 36.4 Å². The number of thiazole rings is 1. The highest BCUT2D eigenvalue weighted by Crippen LogP contribution is 2.39. The number of hydrogen-bond acceptors (Lipinski definition) is 5. The molecule has 0 saturated heterocycles. The number of alkyl halides is 3. The van der Waals surface area contributed by atoms with Gasteiger partial charge in [-0.05, 0) is 25.1 Å². The molecule has 136 valence electrons. The van der Waals surface area contributed by atoms with Gasteiger partial charge < -0.3 is 16.2 Å². The molecule has 0 saturated carbocycles. The first-order valence-corrected chi connectivity index (χ1v) is 8.34. The van der Waals surface area contributed by atoms with Crippen molar-refractivity contribution in [2.75, 3.05) is 11.1 Å². The summed E-state index contributed by atoms with van der Waals surface area (Å²) in [6.07, 6.45) is -5.94. The van der Waals surface area contributed by atoms with E-state index in [2.05, 4.69) is 10.3 Å². The molecule has 0 spiro atoms. The normalized spacial score (nSPS) is 13.0. The van der Waals surface area contributed by atoms with Crippen LogP contribution in [0, 0.1) is 0 Å². The summed E-state index contributed by atoms with van der Waals surface area (Å²) in [6, 6.07) is 8.25. The minimum absolute atomic E-state index is 0.0650. The molecule has 0 radical (unpaired) electrons. The third-order valence-corrected chi connectivity index (χ3v) is 4.56. The average Bonchev–Trinajstić information content (AvgIpc) is 2.94. The molecule has 1 unspecified atom stereocenters. The van der Waals surface area contributed by atoms with E-state index in [1.807, 2.05) is 0 Å². The molecule has 0 aliphatic rings. The molecule has 26 heavy (non-hydrogen) atoms. The largest absolute Gasteiger partial charge is 0.416 e. The Hall–Kier alpha value is -2.65. The highest BCUT2D eigenvalue weighted by Gasteiger charge is 2.31. The van der Waals surface area contributed by atoms with Gasteiger partial charge in [0.25, 0.3) is 5.91 Å². The molecule has 3 aromatic rings. The van der Waals surface area contributed by atoms with Crippen LogP contribution in [-0.2, 0) is 11.0 Å². The zero-order chi connectivity index (χ0) is 19.1. The van der Waals surface area contributed by atoms with Crippen LogP contribution in [0.25, 0.3) is 21.3 Å². The quantitative estimate of drug-likeness (QED) is 0.642. The van der Waals surface area contributed by atoms with Crippen LogP contribution in [0.2, 0.25) is 0 Å². The van der Waals surface area contributed by atoms with Crippen molar-refractivity contribution in [3.8, 4) is 11.1 Å². The van der Waals surface area contributed by atoms with Crippen LogP contribution in [0.1, 0.15) is 12.5 Å². The van der Waals surface area contributed by atoms with Crippen molar-refractivity contribution in [1.82, 2.24) is 4.98 Å². The number of fused-ring (bicyclic) bond motifs is 1. The fourth-order valence-electron chi connectivity index (χ4n) is 2.48. The van der Waals surface area contributed by atoms with Gasteiger partial charge in [0.05, 0.1) is 15.8 Å². The summed E-state index contributed by atoms with van der Waals surface area (Å²) in [5.41, 5.74) is 6.17. The molecule has 9 heteroatoms. The summed E-state index contributed by atoms with van der Waals surface area (Å²) < 4.78 is 40.0. The Morgan fingerprint density at radius 1 is 1.27 bits per heavy atom. The Labute approximate surface area is 150 Å². The molecule has 0 fully saturated rings. The number of para-hydroxylation sites is 1. The van der Waals surface area contributed by atoms with Crippen molar-refractivity contribution in [1.29, 1.82) is 0 Å². The standard InChI is InChI=1S/C17H14F3N3O2S/c1-8(24)15(25)22-12-7-9(17(18,19)20)5-6-10(12)11-3-2-4-13-14(11)23-16(21)26-13/h2-8,24H,1H3,(H2,21,23)(H,22,25). The van der Waals surface area contributed by atoms with Gasteiger partial charge in [0.2, 0.25) is 0 Å². The number of hydrogen-bond donors (Lipinski definition) is 3. The van der Waals surface area contributed by atoms with E-state index in [0.29, 0.717) is 21.8 Å². The maximum absolute atomic E-state index is 13.1. The lowest BCUT2D eigenvalue weighted by Crippen LogP contribution is -2.25. The third kappa shape index (κ3) is 3.49. The first-order valence-electron chi connectivity index (χ1n) is 7.52. The second kappa shape index (κ2) is 6.58. The van der Waals surface area contributed by atoms with Crippen LogP contribution in [0.4, 0.5) is 24.0 Å². The topological polar surface area (TPSA) is 88.2 Å². The Morgan fingerprint density at radius 3 is 2.65 bits per heavy atom. The van der Waals surface area contributed by atoms with Gasteiger partial charge in [-0.1, -0.05) is 29.5 Å². The van der Waals surface area contributed by atoms with Gasteiger partial charge in [-0.25, -0.2) is 4.98 Å². The van der Waals surface area contributed by atoms with Gasteiger partial charge in [-0.15, -0.1) is 0 Å². The van der Waals surface area contributed by atoms with E-state index >= 15 is 0 Å². The lowest BCUT2D eigenvalue weighted by molar-refractivity contribution is -0.137. The summed E-state index contributed by atoms with van der Waals surface area (Å²) in [5, 5.41) is 12.1. The molecule has 1 heterocycles. The van der Waals surface area contributed by atoms with Crippen LogP contribution in [0.5, 0.6) is 0 Å². The van der Waals surface area contributed by atoms with E-state index in [4.69, 9.17) is 5.73 Å². The number of nitrogens with one attached hydrogen (secondary N) is 1. The average molecular weight is 381 g/mol. The minimum Gasteiger partial charge on any atom is -0.384 e. The lowest BCUT2D eigenvalue weighted by atomic mass is 10.00. The van der Waals surface area contributed by atoms with Crippen LogP contribution in [0.3, 0.4) is 0 Å². The van der Waals surface area contributed by atoms with Crippen LogP contribution in [-0.4, -0.2) is 22.1 Å². The van der Waals surface area contributed by atoms with Crippen molar-refractivity contribution >= 4 is 38.3 Å². The number of aliphatic hydroxyl groups is 1. The number of nitrogens with zero attached hydrogens (tertiary/aromatic N) is 1. The highest BCUT2D eigenvalue weighted by molar-refractivity contribution is 7.22. The van der Waals surface area contributed by atoms with Crippen LogP contribution < -0.4 is 11.1 Å². The van der Waals surface area contributed by atoms with Crippen molar-refractivity contribution in [2.24, 2.45) is 0 Å². The number of benzene rings is 2. The number of rotatable bonds is 3. The minimum atomic E-state index is -4.57. The predicted molar refractivity (Wildman–Crippen MR) is 94.8 cm³/mol. The molecule has 0 aliphatic carbocycles. The highest BCUT2D eigenvalue weighted by atomic mass is 32.1. The Balaban J connectivity index is 2.20. The monoisotopic (exact) mass is 381 g/mol. The number of aliphatic hydroxyl groups excluding tert-OH is 1. The van der Waals surface area contributed by atoms with Crippen molar-refractivity contribution < 1.29 is 23.1 Å². The van der Waals surface area contributed by atoms with E-state index in [-0.39, 0.29) is 5.69 Å². The predicted octanol–water partition coefficient (Wildman–Crippen LogP) is 3.88. The van der Waals surface area contributed by atoms with Gasteiger partial charge in [0.1, 0.15) is 6.10 Å². The Kier molecular flexibility index (Phi) is 4.59. The molecule has 1 atom stereocenters. The van der Waals surface area contributed by atoms with Gasteiger partial charge in [-0.3, -0.25) is 4.79 Å².